The Kier molecular flexibility index (Phi) is 7.61. The molecule has 9 nitrogen and oxygen atoms in total. The molecule has 1 aromatic carbocycles. The standard InChI is InChI=1S/C28H31NO8/c1-15-8-23(24(30)14-37-28(34)19-9-17-6-5-7-18(10-19)25(17)31)16(2)29(15)22-12-20(26(32)35-3)11-21(13-22)27(33)36-4/h8,11-13,17-19H,5-7,9-10,14H2,1-4H3. The van der Waals surface area contributed by atoms with Crippen LogP contribution in [0, 0.1) is 31.6 Å². The van der Waals surface area contributed by atoms with E-state index >= 15 is 0 Å². The number of ether oxygens (including phenoxy) is 3. The highest BCUT2D eigenvalue weighted by Gasteiger charge is 2.42. The average molecular weight is 510 g/mol. The summed E-state index contributed by atoms with van der Waals surface area (Å²) in [5.41, 5.74) is 2.41. The minimum atomic E-state index is -0.619. The second kappa shape index (κ2) is 10.7. The van der Waals surface area contributed by atoms with Crippen LogP contribution in [0.15, 0.2) is 24.3 Å². The maximum absolute atomic E-state index is 13.0. The Hall–Kier alpha value is -3.75. The molecule has 2 saturated carbocycles. The van der Waals surface area contributed by atoms with Gasteiger partial charge >= 0.3 is 17.9 Å². The number of carbonyl (C=O) groups is 5. The summed E-state index contributed by atoms with van der Waals surface area (Å²) in [5.74, 6) is -2.27. The van der Waals surface area contributed by atoms with Gasteiger partial charge in [-0.15, -0.1) is 0 Å². The van der Waals surface area contributed by atoms with Crippen LogP contribution in [0.25, 0.3) is 5.69 Å². The van der Waals surface area contributed by atoms with Crippen molar-refractivity contribution < 1.29 is 38.2 Å². The van der Waals surface area contributed by atoms with E-state index in [4.69, 9.17) is 14.2 Å². The van der Waals surface area contributed by atoms with Crippen LogP contribution in [-0.2, 0) is 23.8 Å². The van der Waals surface area contributed by atoms with Crippen LogP contribution in [0.4, 0.5) is 0 Å². The number of methoxy groups -OCH3 is 2. The highest BCUT2D eigenvalue weighted by molar-refractivity contribution is 6.00. The number of Topliss-reactive ketones (excluding diaryl/α,β-unsaturated/α-hetero) is 2. The second-order valence-corrected chi connectivity index (χ2v) is 9.80. The first kappa shape index (κ1) is 26.3. The van der Waals surface area contributed by atoms with Crippen LogP contribution in [0.5, 0.6) is 0 Å². The molecule has 0 N–H and O–H groups in total. The van der Waals surface area contributed by atoms with Crippen molar-refractivity contribution in [3.63, 3.8) is 0 Å². The zero-order valence-corrected chi connectivity index (χ0v) is 21.5. The smallest absolute Gasteiger partial charge is 0.337 e. The van der Waals surface area contributed by atoms with Crippen LogP contribution < -0.4 is 0 Å². The van der Waals surface area contributed by atoms with Gasteiger partial charge in [0, 0.05) is 34.5 Å². The Labute approximate surface area is 215 Å². The molecule has 2 unspecified atom stereocenters. The third-order valence-electron chi connectivity index (χ3n) is 7.48. The molecule has 1 aromatic heterocycles. The van der Waals surface area contributed by atoms with E-state index in [1.54, 1.807) is 36.6 Å². The monoisotopic (exact) mass is 509 g/mol. The molecule has 37 heavy (non-hydrogen) atoms. The summed E-state index contributed by atoms with van der Waals surface area (Å²) >= 11 is 0. The van der Waals surface area contributed by atoms with Gasteiger partial charge in [0.15, 0.2) is 6.61 Å². The fraction of sp³-hybridized carbons (Fsp3) is 0.464. The summed E-state index contributed by atoms with van der Waals surface area (Å²) in [6, 6.07) is 6.19. The van der Waals surface area contributed by atoms with Gasteiger partial charge in [0.1, 0.15) is 5.78 Å². The Morgan fingerprint density at radius 2 is 1.46 bits per heavy atom. The lowest BCUT2D eigenvalue weighted by Crippen LogP contribution is -2.39. The van der Waals surface area contributed by atoms with E-state index < -0.39 is 24.5 Å². The van der Waals surface area contributed by atoms with Gasteiger partial charge in [0.25, 0.3) is 0 Å². The van der Waals surface area contributed by atoms with Crippen molar-refractivity contribution in [1.29, 1.82) is 0 Å². The first-order chi connectivity index (χ1) is 17.6. The summed E-state index contributed by atoms with van der Waals surface area (Å²) in [6.45, 7) is 3.12. The van der Waals surface area contributed by atoms with Crippen molar-refractivity contribution in [1.82, 2.24) is 4.57 Å². The molecular formula is C28H31NO8. The number of aromatic nitrogens is 1. The van der Waals surface area contributed by atoms with Crippen LogP contribution in [0.1, 0.15) is 74.6 Å². The van der Waals surface area contributed by atoms with Crippen molar-refractivity contribution in [3.8, 4) is 5.69 Å². The number of aryl methyl sites for hydroxylation is 1. The van der Waals surface area contributed by atoms with E-state index in [-0.39, 0.29) is 40.4 Å². The van der Waals surface area contributed by atoms with E-state index in [1.807, 2.05) is 0 Å². The summed E-state index contributed by atoms with van der Waals surface area (Å²) < 4.78 is 16.8. The quantitative estimate of drug-likeness (QED) is 0.314. The molecule has 2 bridgehead atoms. The Bertz CT molecular complexity index is 1220. The number of hydrogen-bond donors (Lipinski definition) is 0. The molecular weight excluding hydrogens is 478 g/mol. The lowest BCUT2D eigenvalue weighted by Gasteiger charge is -2.36. The van der Waals surface area contributed by atoms with Gasteiger partial charge in [0.05, 0.1) is 31.3 Å². The number of benzene rings is 1. The summed E-state index contributed by atoms with van der Waals surface area (Å²) in [5, 5.41) is 0. The molecule has 4 rings (SSSR count). The Balaban J connectivity index is 1.53. The van der Waals surface area contributed by atoms with Gasteiger partial charge in [-0.05, 0) is 63.8 Å². The van der Waals surface area contributed by atoms with E-state index in [0.717, 1.165) is 19.3 Å². The zero-order chi connectivity index (χ0) is 26.9. The highest BCUT2D eigenvalue weighted by atomic mass is 16.5. The number of rotatable bonds is 7. The molecule has 0 spiro atoms. The van der Waals surface area contributed by atoms with E-state index in [0.29, 0.717) is 35.5 Å². The third-order valence-corrected chi connectivity index (χ3v) is 7.48. The second-order valence-electron chi connectivity index (χ2n) is 9.80. The van der Waals surface area contributed by atoms with Gasteiger partial charge < -0.3 is 18.8 Å². The van der Waals surface area contributed by atoms with Gasteiger partial charge in [-0.2, -0.15) is 0 Å². The maximum atomic E-state index is 13.0. The molecule has 1 heterocycles. The van der Waals surface area contributed by atoms with Gasteiger partial charge in [-0.3, -0.25) is 14.4 Å². The van der Waals surface area contributed by atoms with E-state index in [9.17, 15) is 24.0 Å². The fourth-order valence-corrected chi connectivity index (χ4v) is 5.66. The van der Waals surface area contributed by atoms with E-state index in [2.05, 4.69) is 0 Å². The number of ketones is 2. The zero-order valence-electron chi connectivity index (χ0n) is 21.5. The van der Waals surface area contributed by atoms with Gasteiger partial charge in [-0.1, -0.05) is 6.42 Å². The highest BCUT2D eigenvalue weighted by Crippen LogP contribution is 2.40. The molecule has 2 aromatic rings. The topological polar surface area (TPSA) is 118 Å². The minimum Gasteiger partial charge on any atom is -0.465 e. The summed E-state index contributed by atoms with van der Waals surface area (Å²) in [7, 11) is 2.49. The van der Waals surface area contributed by atoms with Crippen LogP contribution in [0.2, 0.25) is 0 Å². The molecule has 0 amide bonds. The largest absolute Gasteiger partial charge is 0.465 e. The van der Waals surface area contributed by atoms with Crippen LogP contribution in [0.3, 0.4) is 0 Å². The fourth-order valence-electron chi connectivity index (χ4n) is 5.66. The molecule has 0 radical (unpaired) electrons. The first-order valence-corrected chi connectivity index (χ1v) is 12.4. The summed E-state index contributed by atoms with van der Waals surface area (Å²) in [6.07, 6.45) is 3.64. The van der Waals surface area contributed by atoms with Crippen molar-refractivity contribution in [2.45, 2.75) is 46.0 Å². The van der Waals surface area contributed by atoms with Crippen LogP contribution >= 0.6 is 0 Å². The first-order valence-electron chi connectivity index (χ1n) is 12.4. The normalized spacial score (nSPS) is 20.8. The molecule has 2 fully saturated rings. The van der Waals surface area contributed by atoms with Crippen molar-refractivity contribution >= 4 is 29.5 Å². The molecule has 2 aliphatic carbocycles. The molecule has 9 heteroatoms. The van der Waals surface area contributed by atoms with Crippen LogP contribution in [-0.4, -0.2) is 54.9 Å². The number of fused-ring (bicyclic) bond motifs is 2. The Morgan fingerprint density at radius 3 is 2.00 bits per heavy atom. The predicted octanol–water partition coefficient (Wildman–Crippen LogP) is 3.79. The Morgan fingerprint density at radius 1 is 0.892 bits per heavy atom. The van der Waals surface area contributed by atoms with Crippen molar-refractivity contribution in [2.24, 2.45) is 17.8 Å². The predicted molar refractivity (Wildman–Crippen MR) is 132 cm³/mol. The molecule has 2 aliphatic rings. The lowest BCUT2D eigenvalue weighted by molar-refractivity contribution is -0.152. The van der Waals surface area contributed by atoms with Gasteiger partial charge in [-0.25, -0.2) is 9.59 Å². The van der Waals surface area contributed by atoms with Crippen molar-refractivity contribution in [3.05, 3.63) is 52.3 Å². The number of carbonyl (C=O) groups excluding carboxylic acids is 5. The van der Waals surface area contributed by atoms with Gasteiger partial charge in [0.2, 0.25) is 5.78 Å². The van der Waals surface area contributed by atoms with Crippen molar-refractivity contribution in [2.75, 3.05) is 20.8 Å². The summed E-state index contributed by atoms with van der Waals surface area (Å²) in [4.78, 5) is 62.5. The minimum absolute atomic E-state index is 0.0738. The molecule has 2 atom stereocenters. The number of esters is 3. The number of hydrogen-bond acceptors (Lipinski definition) is 8. The lowest BCUT2D eigenvalue weighted by atomic mass is 9.67. The maximum Gasteiger partial charge on any atom is 0.337 e. The average Bonchev–Trinajstić information content (AvgIpc) is 3.19. The number of nitrogens with zero attached hydrogens (tertiary/aromatic N) is 1. The molecule has 0 saturated heterocycles. The molecule has 196 valence electrons. The van der Waals surface area contributed by atoms with E-state index in [1.165, 1.54) is 20.3 Å². The molecule has 0 aliphatic heterocycles. The third kappa shape index (κ3) is 5.21. The SMILES string of the molecule is COC(=O)c1cc(C(=O)OC)cc(-n2c(C)cc(C(=O)COC(=O)C3CC4CCCC(C3)C4=O)c2C)c1.